The van der Waals surface area contributed by atoms with Crippen LogP contribution in [-0.2, 0) is 0 Å². The highest BCUT2D eigenvalue weighted by Gasteiger charge is 2.26. The minimum absolute atomic E-state index is 0. The summed E-state index contributed by atoms with van der Waals surface area (Å²) in [5.74, 6) is -1.59. The first kappa shape index (κ1) is 17.8. The molecule has 0 radical (unpaired) electrons. The van der Waals surface area contributed by atoms with E-state index >= 15 is 0 Å². The van der Waals surface area contributed by atoms with Crippen molar-refractivity contribution in [2.45, 2.75) is 12.5 Å². The minimum Gasteiger partial charge on any atom is -0.336 e. The number of thiazole rings is 1. The molecule has 3 rings (SSSR count). The predicted octanol–water partition coefficient (Wildman–Crippen LogP) is 2.94. The van der Waals surface area contributed by atoms with E-state index in [0.717, 1.165) is 30.8 Å². The largest absolute Gasteiger partial charge is 0.336 e. The van der Waals surface area contributed by atoms with E-state index < -0.39 is 11.6 Å². The summed E-state index contributed by atoms with van der Waals surface area (Å²) in [5.41, 5.74) is 0.0359. The Morgan fingerprint density at radius 1 is 1.39 bits per heavy atom. The standard InChI is InChI=1S/C15H15F2N3OS.ClH/c1-20(9-5-6-18-7-9)15(21)12-8-22-14(19-12)13-10(16)3-2-4-11(13)17;/h2-4,8-9,18H,5-7H2,1H3;1H. The van der Waals surface area contributed by atoms with Crippen LogP contribution in [0, 0.1) is 11.6 Å². The maximum absolute atomic E-state index is 13.8. The number of nitrogens with zero attached hydrogens (tertiary/aromatic N) is 2. The van der Waals surface area contributed by atoms with Crippen molar-refractivity contribution in [3.63, 3.8) is 0 Å². The fraction of sp³-hybridized carbons (Fsp3) is 0.333. The Kier molecular flexibility index (Phi) is 5.67. The normalized spacial score (nSPS) is 16.9. The summed E-state index contributed by atoms with van der Waals surface area (Å²) in [7, 11) is 1.72. The van der Waals surface area contributed by atoms with E-state index in [1.54, 1.807) is 17.3 Å². The Labute approximate surface area is 142 Å². The van der Waals surface area contributed by atoms with Crippen molar-refractivity contribution in [3.8, 4) is 10.6 Å². The molecule has 23 heavy (non-hydrogen) atoms. The number of benzene rings is 1. The lowest BCUT2D eigenvalue weighted by Crippen LogP contribution is -2.38. The molecule has 1 N–H and O–H groups in total. The number of likely N-dealkylation sites (N-methyl/N-ethyl adjacent to an activating group) is 1. The van der Waals surface area contributed by atoms with Gasteiger partial charge >= 0.3 is 0 Å². The molecule has 1 aromatic carbocycles. The average Bonchev–Trinajstić information content (AvgIpc) is 3.17. The van der Waals surface area contributed by atoms with Gasteiger partial charge in [0.25, 0.3) is 5.91 Å². The fourth-order valence-corrected chi connectivity index (χ4v) is 3.35. The number of aromatic nitrogens is 1. The van der Waals surface area contributed by atoms with Gasteiger partial charge in [0.2, 0.25) is 0 Å². The van der Waals surface area contributed by atoms with Gasteiger partial charge in [0, 0.05) is 25.0 Å². The first-order chi connectivity index (χ1) is 10.6. The number of hydrogen-bond donors (Lipinski definition) is 1. The summed E-state index contributed by atoms with van der Waals surface area (Å²) in [6.07, 6.45) is 0.890. The van der Waals surface area contributed by atoms with Crippen molar-refractivity contribution >= 4 is 29.7 Å². The number of nitrogens with one attached hydrogen (secondary N) is 1. The van der Waals surface area contributed by atoms with Gasteiger partial charge in [-0.05, 0) is 25.1 Å². The van der Waals surface area contributed by atoms with Crippen molar-refractivity contribution in [1.82, 2.24) is 15.2 Å². The summed E-state index contributed by atoms with van der Waals surface area (Å²) in [6, 6.07) is 3.78. The number of halogens is 3. The number of hydrogen-bond acceptors (Lipinski definition) is 4. The molecule has 0 bridgehead atoms. The van der Waals surface area contributed by atoms with Gasteiger partial charge in [-0.3, -0.25) is 4.79 Å². The van der Waals surface area contributed by atoms with Crippen molar-refractivity contribution in [2.75, 3.05) is 20.1 Å². The lowest BCUT2D eigenvalue weighted by Gasteiger charge is -2.22. The predicted molar refractivity (Wildman–Crippen MR) is 88.1 cm³/mol. The molecule has 0 aliphatic carbocycles. The second-order valence-electron chi connectivity index (χ2n) is 5.20. The van der Waals surface area contributed by atoms with E-state index in [-0.39, 0.29) is 40.6 Å². The van der Waals surface area contributed by atoms with Crippen LogP contribution in [0.3, 0.4) is 0 Å². The summed E-state index contributed by atoms with van der Waals surface area (Å²) in [5, 5.41) is 4.92. The lowest BCUT2D eigenvalue weighted by atomic mass is 10.2. The van der Waals surface area contributed by atoms with Crippen LogP contribution >= 0.6 is 23.7 Å². The molecule has 1 saturated heterocycles. The second-order valence-corrected chi connectivity index (χ2v) is 6.06. The van der Waals surface area contributed by atoms with Crippen molar-refractivity contribution in [2.24, 2.45) is 0 Å². The molecule has 0 saturated carbocycles. The van der Waals surface area contributed by atoms with Crippen LogP contribution in [0.5, 0.6) is 0 Å². The first-order valence-electron chi connectivity index (χ1n) is 6.95. The van der Waals surface area contributed by atoms with Gasteiger partial charge in [-0.1, -0.05) is 6.07 Å². The zero-order valence-electron chi connectivity index (χ0n) is 12.4. The Balaban J connectivity index is 0.00000192. The Bertz CT molecular complexity index is 684. The van der Waals surface area contributed by atoms with Crippen LogP contribution < -0.4 is 5.32 Å². The molecule has 1 fully saturated rings. The molecule has 1 aliphatic heterocycles. The monoisotopic (exact) mass is 359 g/mol. The zero-order chi connectivity index (χ0) is 15.7. The SMILES string of the molecule is CN(C(=O)c1csc(-c2c(F)cccc2F)n1)C1CCNC1.Cl. The minimum atomic E-state index is -0.679. The van der Waals surface area contributed by atoms with Crippen molar-refractivity contribution < 1.29 is 13.6 Å². The van der Waals surface area contributed by atoms with E-state index in [1.807, 2.05) is 0 Å². The van der Waals surface area contributed by atoms with E-state index in [4.69, 9.17) is 0 Å². The maximum atomic E-state index is 13.8. The highest BCUT2D eigenvalue weighted by atomic mass is 35.5. The van der Waals surface area contributed by atoms with Crippen molar-refractivity contribution in [1.29, 1.82) is 0 Å². The van der Waals surface area contributed by atoms with E-state index in [9.17, 15) is 13.6 Å². The highest BCUT2D eigenvalue weighted by molar-refractivity contribution is 7.13. The molecule has 1 aromatic heterocycles. The third kappa shape index (κ3) is 3.52. The van der Waals surface area contributed by atoms with Gasteiger partial charge in [0.15, 0.2) is 0 Å². The van der Waals surface area contributed by atoms with Gasteiger partial charge in [-0.2, -0.15) is 0 Å². The average molecular weight is 360 g/mol. The van der Waals surface area contributed by atoms with Gasteiger partial charge in [-0.15, -0.1) is 23.7 Å². The third-order valence-electron chi connectivity index (χ3n) is 3.80. The molecule has 1 atom stereocenters. The van der Waals surface area contributed by atoms with Crippen LogP contribution in [-0.4, -0.2) is 42.0 Å². The number of rotatable bonds is 3. The molecule has 124 valence electrons. The molecular weight excluding hydrogens is 344 g/mol. The maximum Gasteiger partial charge on any atom is 0.273 e. The third-order valence-corrected chi connectivity index (χ3v) is 4.66. The number of amides is 1. The van der Waals surface area contributed by atoms with Crippen LogP contribution in [0.25, 0.3) is 10.6 Å². The Hall–Kier alpha value is -1.57. The molecule has 8 heteroatoms. The van der Waals surface area contributed by atoms with Gasteiger partial charge < -0.3 is 10.2 Å². The zero-order valence-corrected chi connectivity index (χ0v) is 14.0. The molecular formula is C15H16ClF2N3OS. The summed E-state index contributed by atoms with van der Waals surface area (Å²) in [4.78, 5) is 18.2. The molecule has 1 amide bonds. The quantitative estimate of drug-likeness (QED) is 0.916. The van der Waals surface area contributed by atoms with E-state index in [0.29, 0.717) is 0 Å². The Morgan fingerprint density at radius 3 is 2.70 bits per heavy atom. The molecule has 4 nitrogen and oxygen atoms in total. The molecule has 0 spiro atoms. The van der Waals surface area contributed by atoms with Crippen LogP contribution in [0.4, 0.5) is 8.78 Å². The summed E-state index contributed by atoms with van der Waals surface area (Å²) < 4.78 is 27.5. The topological polar surface area (TPSA) is 45.2 Å². The molecule has 2 aromatic rings. The van der Waals surface area contributed by atoms with Gasteiger partial charge in [0.1, 0.15) is 22.3 Å². The van der Waals surface area contributed by atoms with Crippen LogP contribution in [0.2, 0.25) is 0 Å². The van der Waals surface area contributed by atoms with Crippen molar-refractivity contribution in [3.05, 3.63) is 40.9 Å². The fourth-order valence-electron chi connectivity index (χ4n) is 2.51. The Morgan fingerprint density at radius 2 is 2.09 bits per heavy atom. The first-order valence-corrected chi connectivity index (χ1v) is 7.83. The van der Waals surface area contributed by atoms with Gasteiger partial charge in [-0.25, -0.2) is 13.8 Å². The second kappa shape index (κ2) is 7.33. The number of carbonyl (C=O) groups excluding carboxylic acids is 1. The van der Waals surface area contributed by atoms with Crippen LogP contribution in [0.15, 0.2) is 23.6 Å². The molecule has 1 unspecified atom stereocenters. The smallest absolute Gasteiger partial charge is 0.273 e. The van der Waals surface area contributed by atoms with Crippen LogP contribution in [0.1, 0.15) is 16.9 Å². The van der Waals surface area contributed by atoms with E-state index in [2.05, 4.69) is 10.3 Å². The number of carbonyl (C=O) groups is 1. The summed E-state index contributed by atoms with van der Waals surface area (Å²) >= 11 is 1.07. The molecule has 2 heterocycles. The summed E-state index contributed by atoms with van der Waals surface area (Å²) in [6.45, 7) is 1.63. The highest BCUT2D eigenvalue weighted by Crippen LogP contribution is 2.29. The van der Waals surface area contributed by atoms with Gasteiger partial charge in [0.05, 0.1) is 5.56 Å². The lowest BCUT2D eigenvalue weighted by molar-refractivity contribution is 0.0738. The molecule has 1 aliphatic rings. The van der Waals surface area contributed by atoms with E-state index in [1.165, 1.54) is 18.2 Å².